The van der Waals surface area contributed by atoms with E-state index in [0.717, 1.165) is 24.5 Å². The highest BCUT2D eigenvalue weighted by Gasteiger charge is 2.05. The number of nitrogens with one attached hydrogen (secondary N) is 2. The first-order valence-electron chi connectivity index (χ1n) is 6.84. The average Bonchev–Trinajstić information content (AvgIpc) is 2.45. The van der Waals surface area contributed by atoms with E-state index in [9.17, 15) is 0 Å². The molecule has 0 aliphatic carbocycles. The summed E-state index contributed by atoms with van der Waals surface area (Å²) in [7, 11) is 1.62. The van der Waals surface area contributed by atoms with Crippen LogP contribution in [0.15, 0.2) is 30.3 Å². The second-order valence-corrected chi connectivity index (χ2v) is 4.99. The molecule has 1 aromatic heterocycles. The van der Waals surface area contributed by atoms with Gasteiger partial charge in [0.2, 0.25) is 0 Å². The summed E-state index contributed by atoms with van der Waals surface area (Å²) < 4.78 is 5.11. The number of methoxy groups -OCH3 is 1. The smallest absolute Gasteiger partial charge is 0.158 e. The molecule has 0 atom stereocenters. The normalized spacial score (nSPS) is 10.4. The molecule has 6 heteroatoms. The second-order valence-electron chi connectivity index (χ2n) is 4.55. The molecule has 0 unspecified atom stereocenters. The zero-order valence-corrected chi connectivity index (χ0v) is 12.9. The number of anilines is 3. The van der Waals surface area contributed by atoms with E-state index in [2.05, 4.69) is 27.5 Å². The average molecular weight is 307 g/mol. The number of ether oxygens (including phenoxy) is 1. The first kappa shape index (κ1) is 15.5. The third kappa shape index (κ3) is 4.88. The zero-order valence-electron chi connectivity index (χ0n) is 12.2. The van der Waals surface area contributed by atoms with Gasteiger partial charge in [0.1, 0.15) is 18.2 Å². The van der Waals surface area contributed by atoms with Gasteiger partial charge in [-0.1, -0.05) is 24.6 Å². The molecule has 0 saturated heterocycles. The fourth-order valence-electron chi connectivity index (χ4n) is 1.81. The summed E-state index contributed by atoms with van der Waals surface area (Å²) in [4.78, 5) is 8.83. The minimum atomic E-state index is 0.367. The van der Waals surface area contributed by atoms with Crippen LogP contribution in [0.5, 0.6) is 0 Å². The van der Waals surface area contributed by atoms with Gasteiger partial charge in [0.05, 0.1) is 0 Å². The maximum Gasteiger partial charge on any atom is 0.158 e. The summed E-state index contributed by atoms with van der Waals surface area (Å²) in [5.74, 6) is 2.12. The standard InChI is InChI=1S/C15H19ClN4O/c1-3-7-17-13-9-14(20-15(19-13)10-21-2)18-12-6-4-5-11(16)8-12/h4-6,8-9H,3,7,10H2,1-2H3,(H2,17,18,19,20). The number of aromatic nitrogens is 2. The van der Waals surface area contributed by atoms with Crippen LogP contribution < -0.4 is 10.6 Å². The Kier molecular flexibility index (Phi) is 5.78. The Hall–Kier alpha value is -1.85. The number of hydrogen-bond donors (Lipinski definition) is 2. The van der Waals surface area contributed by atoms with E-state index in [4.69, 9.17) is 16.3 Å². The maximum absolute atomic E-state index is 5.99. The van der Waals surface area contributed by atoms with Crippen LogP contribution in [-0.2, 0) is 11.3 Å². The number of rotatable bonds is 7. The molecule has 0 bridgehead atoms. The molecule has 0 spiro atoms. The van der Waals surface area contributed by atoms with E-state index in [1.165, 1.54) is 0 Å². The van der Waals surface area contributed by atoms with Gasteiger partial charge in [-0.05, 0) is 24.6 Å². The van der Waals surface area contributed by atoms with Crippen LogP contribution in [0, 0.1) is 0 Å². The molecular formula is C15H19ClN4O. The Morgan fingerprint density at radius 1 is 1.19 bits per heavy atom. The highest BCUT2D eigenvalue weighted by Crippen LogP contribution is 2.20. The SMILES string of the molecule is CCCNc1cc(Nc2cccc(Cl)c2)nc(COC)n1. The van der Waals surface area contributed by atoms with Crippen molar-refractivity contribution in [3.63, 3.8) is 0 Å². The molecule has 1 aromatic carbocycles. The zero-order chi connectivity index (χ0) is 15.1. The summed E-state index contributed by atoms with van der Waals surface area (Å²) in [5.41, 5.74) is 0.881. The lowest BCUT2D eigenvalue weighted by Crippen LogP contribution is -2.07. The van der Waals surface area contributed by atoms with Crippen molar-refractivity contribution in [2.24, 2.45) is 0 Å². The summed E-state index contributed by atoms with van der Waals surface area (Å²) in [6, 6.07) is 9.37. The Morgan fingerprint density at radius 2 is 2.00 bits per heavy atom. The molecule has 0 saturated carbocycles. The molecule has 0 fully saturated rings. The Morgan fingerprint density at radius 3 is 2.71 bits per heavy atom. The highest BCUT2D eigenvalue weighted by atomic mass is 35.5. The van der Waals surface area contributed by atoms with Crippen molar-refractivity contribution in [3.8, 4) is 0 Å². The van der Waals surface area contributed by atoms with Crippen LogP contribution in [0.1, 0.15) is 19.2 Å². The van der Waals surface area contributed by atoms with Crippen LogP contribution in [-0.4, -0.2) is 23.6 Å². The fraction of sp³-hybridized carbons (Fsp3) is 0.333. The minimum absolute atomic E-state index is 0.367. The summed E-state index contributed by atoms with van der Waals surface area (Å²) in [6.07, 6.45) is 1.03. The molecule has 21 heavy (non-hydrogen) atoms. The summed E-state index contributed by atoms with van der Waals surface area (Å²) in [5, 5.41) is 7.16. The van der Waals surface area contributed by atoms with E-state index in [-0.39, 0.29) is 0 Å². The largest absolute Gasteiger partial charge is 0.377 e. The van der Waals surface area contributed by atoms with Crippen LogP contribution in [0.3, 0.4) is 0 Å². The quantitative estimate of drug-likeness (QED) is 0.814. The topological polar surface area (TPSA) is 59.1 Å². The fourth-order valence-corrected chi connectivity index (χ4v) is 2.00. The third-order valence-corrected chi connectivity index (χ3v) is 2.93. The molecule has 2 aromatic rings. The first-order chi connectivity index (χ1) is 10.2. The van der Waals surface area contributed by atoms with Gasteiger partial charge in [0, 0.05) is 30.4 Å². The Labute approximate surface area is 129 Å². The number of halogens is 1. The number of benzene rings is 1. The van der Waals surface area contributed by atoms with Crippen molar-refractivity contribution in [2.45, 2.75) is 20.0 Å². The van der Waals surface area contributed by atoms with E-state index < -0.39 is 0 Å². The van der Waals surface area contributed by atoms with Crippen molar-refractivity contribution in [1.82, 2.24) is 9.97 Å². The lowest BCUT2D eigenvalue weighted by molar-refractivity contribution is 0.178. The van der Waals surface area contributed by atoms with E-state index in [1.807, 2.05) is 30.3 Å². The Bertz CT molecular complexity index is 592. The lowest BCUT2D eigenvalue weighted by Gasteiger charge is -2.11. The van der Waals surface area contributed by atoms with Crippen molar-refractivity contribution >= 4 is 28.9 Å². The molecule has 5 nitrogen and oxygen atoms in total. The molecular weight excluding hydrogens is 288 g/mol. The van der Waals surface area contributed by atoms with Crippen molar-refractivity contribution < 1.29 is 4.74 Å². The first-order valence-corrected chi connectivity index (χ1v) is 7.22. The van der Waals surface area contributed by atoms with Crippen LogP contribution in [0.25, 0.3) is 0 Å². The van der Waals surface area contributed by atoms with E-state index in [0.29, 0.717) is 23.3 Å². The predicted molar refractivity (Wildman–Crippen MR) is 86.3 cm³/mol. The van der Waals surface area contributed by atoms with Crippen molar-refractivity contribution in [2.75, 3.05) is 24.3 Å². The molecule has 0 amide bonds. The van der Waals surface area contributed by atoms with Crippen molar-refractivity contribution in [1.29, 1.82) is 0 Å². The van der Waals surface area contributed by atoms with Gasteiger partial charge in [-0.2, -0.15) is 0 Å². The summed E-state index contributed by atoms with van der Waals surface area (Å²) in [6.45, 7) is 3.33. The van der Waals surface area contributed by atoms with Gasteiger partial charge in [0.15, 0.2) is 5.82 Å². The van der Waals surface area contributed by atoms with E-state index in [1.54, 1.807) is 7.11 Å². The predicted octanol–water partition coefficient (Wildman–Crippen LogP) is 3.84. The van der Waals surface area contributed by atoms with Crippen LogP contribution in [0.2, 0.25) is 5.02 Å². The van der Waals surface area contributed by atoms with Crippen molar-refractivity contribution in [3.05, 3.63) is 41.2 Å². The summed E-state index contributed by atoms with van der Waals surface area (Å²) >= 11 is 5.99. The van der Waals surface area contributed by atoms with E-state index >= 15 is 0 Å². The van der Waals surface area contributed by atoms with Gasteiger partial charge in [-0.3, -0.25) is 0 Å². The molecule has 2 rings (SSSR count). The van der Waals surface area contributed by atoms with Gasteiger partial charge in [-0.15, -0.1) is 0 Å². The third-order valence-electron chi connectivity index (χ3n) is 2.70. The highest BCUT2D eigenvalue weighted by molar-refractivity contribution is 6.30. The second kappa shape index (κ2) is 7.81. The number of nitrogens with zero attached hydrogens (tertiary/aromatic N) is 2. The number of hydrogen-bond acceptors (Lipinski definition) is 5. The minimum Gasteiger partial charge on any atom is -0.377 e. The van der Waals surface area contributed by atoms with Gasteiger partial charge < -0.3 is 15.4 Å². The van der Waals surface area contributed by atoms with Crippen LogP contribution in [0.4, 0.5) is 17.3 Å². The molecule has 0 radical (unpaired) electrons. The molecule has 2 N–H and O–H groups in total. The van der Waals surface area contributed by atoms with Gasteiger partial charge in [-0.25, -0.2) is 9.97 Å². The molecule has 1 heterocycles. The Balaban J connectivity index is 2.22. The molecule has 0 aliphatic heterocycles. The lowest BCUT2D eigenvalue weighted by atomic mass is 10.3. The maximum atomic E-state index is 5.99. The van der Waals surface area contributed by atoms with Gasteiger partial charge in [0.25, 0.3) is 0 Å². The monoisotopic (exact) mass is 306 g/mol. The molecule has 112 valence electrons. The molecule has 0 aliphatic rings. The van der Waals surface area contributed by atoms with Crippen LogP contribution >= 0.6 is 11.6 Å². The van der Waals surface area contributed by atoms with Gasteiger partial charge >= 0.3 is 0 Å².